The molecule has 2 aromatic carbocycles. The lowest BCUT2D eigenvalue weighted by molar-refractivity contribution is -0.116. The fourth-order valence-corrected chi connectivity index (χ4v) is 5.31. The molecule has 0 saturated carbocycles. The Bertz CT molecular complexity index is 949. The molecule has 0 spiro atoms. The molecule has 0 fully saturated rings. The highest BCUT2D eigenvalue weighted by atomic mass is 32.2. The molecule has 0 aliphatic carbocycles. The van der Waals surface area contributed by atoms with Gasteiger partial charge in [0.05, 0.1) is 10.6 Å². The van der Waals surface area contributed by atoms with Crippen molar-refractivity contribution in [3.05, 3.63) is 54.1 Å². The number of hydrogen-bond donors (Lipinski definition) is 2. The van der Waals surface area contributed by atoms with E-state index in [-0.39, 0.29) is 16.1 Å². The van der Waals surface area contributed by atoms with Crippen LogP contribution in [0.2, 0.25) is 0 Å². The van der Waals surface area contributed by atoms with Crippen LogP contribution >= 0.6 is 11.8 Å². The Morgan fingerprint density at radius 2 is 1.97 bits per heavy atom. The quantitative estimate of drug-likeness (QED) is 0.668. The summed E-state index contributed by atoms with van der Waals surface area (Å²) in [6, 6.07) is 15.0. The van der Waals surface area contributed by atoms with Gasteiger partial charge in [-0.15, -0.1) is 11.8 Å². The second kappa shape index (κ2) is 9.75. The zero-order valence-electron chi connectivity index (χ0n) is 16.7. The highest BCUT2D eigenvalue weighted by molar-refractivity contribution is 8.00. The summed E-state index contributed by atoms with van der Waals surface area (Å²) in [5.41, 5.74) is 1.76. The van der Waals surface area contributed by atoms with Gasteiger partial charge in [0.2, 0.25) is 15.9 Å². The number of likely N-dealkylation sites (N-methyl/N-ethyl adjacent to an activating group) is 1. The van der Waals surface area contributed by atoms with Gasteiger partial charge in [0.25, 0.3) is 0 Å². The van der Waals surface area contributed by atoms with Gasteiger partial charge >= 0.3 is 0 Å². The molecule has 0 radical (unpaired) electrons. The van der Waals surface area contributed by atoms with Crippen molar-refractivity contribution in [3.8, 4) is 0 Å². The lowest BCUT2D eigenvalue weighted by atomic mass is 10.2. The van der Waals surface area contributed by atoms with Crippen LogP contribution in [-0.4, -0.2) is 44.1 Å². The van der Waals surface area contributed by atoms with Crippen molar-refractivity contribution in [3.63, 3.8) is 0 Å². The minimum atomic E-state index is -3.65. The molecule has 0 unspecified atom stereocenters. The zero-order valence-corrected chi connectivity index (χ0v) is 18.4. The number of fused-ring (bicyclic) bond motifs is 1. The van der Waals surface area contributed by atoms with E-state index in [1.165, 1.54) is 5.56 Å². The number of carbonyl (C=O) groups excluding carboxylic acids is 1. The molecule has 2 N–H and O–H groups in total. The first-order valence-corrected chi connectivity index (χ1v) is 12.1. The molecular formula is C21H27N3O3S2. The molecule has 1 aliphatic rings. The summed E-state index contributed by atoms with van der Waals surface area (Å²) in [7, 11) is -3.65. The first kappa shape index (κ1) is 21.8. The highest BCUT2D eigenvalue weighted by Crippen LogP contribution is 2.36. The average Bonchev–Trinajstić information content (AvgIpc) is 2.83. The van der Waals surface area contributed by atoms with Gasteiger partial charge in [0.1, 0.15) is 0 Å². The summed E-state index contributed by atoms with van der Waals surface area (Å²) >= 11 is 1.58. The zero-order chi connectivity index (χ0) is 20.9. The molecule has 6 nitrogen and oxygen atoms in total. The Balaban J connectivity index is 1.63. The third kappa shape index (κ3) is 6.05. The molecule has 0 saturated heterocycles. The van der Waals surface area contributed by atoms with E-state index in [9.17, 15) is 13.2 Å². The van der Waals surface area contributed by atoms with Gasteiger partial charge in [-0.25, -0.2) is 13.1 Å². The van der Waals surface area contributed by atoms with Gasteiger partial charge in [0, 0.05) is 36.2 Å². The van der Waals surface area contributed by atoms with E-state index in [4.69, 9.17) is 0 Å². The van der Waals surface area contributed by atoms with E-state index in [0.29, 0.717) is 25.2 Å². The molecule has 1 heterocycles. The Hall–Kier alpha value is -1.87. The van der Waals surface area contributed by atoms with Crippen molar-refractivity contribution >= 4 is 33.4 Å². The number of thioether (sulfide) groups is 1. The van der Waals surface area contributed by atoms with Crippen LogP contribution in [0.4, 0.5) is 5.69 Å². The summed E-state index contributed by atoms with van der Waals surface area (Å²) in [5, 5.41) is 2.97. The summed E-state index contributed by atoms with van der Waals surface area (Å²) in [5.74, 6) is -0.0919. The van der Waals surface area contributed by atoms with Gasteiger partial charge in [-0.3, -0.25) is 9.69 Å². The third-order valence-corrected chi connectivity index (χ3v) is 7.39. The van der Waals surface area contributed by atoms with Crippen molar-refractivity contribution in [1.29, 1.82) is 0 Å². The van der Waals surface area contributed by atoms with Crippen LogP contribution < -0.4 is 10.0 Å². The van der Waals surface area contributed by atoms with E-state index in [0.717, 1.165) is 18.0 Å². The van der Waals surface area contributed by atoms with Crippen molar-refractivity contribution in [1.82, 2.24) is 9.62 Å². The predicted molar refractivity (Wildman–Crippen MR) is 118 cm³/mol. The van der Waals surface area contributed by atoms with E-state index in [2.05, 4.69) is 34.0 Å². The lowest BCUT2D eigenvalue weighted by Crippen LogP contribution is -2.34. The molecule has 2 aromatic rings. The van der Waals surface area contributed by atoms with Crippen molar-refractivity contribution in [2.45, 2.75) is 41.9 Å². The summed E-state index contributed by atoms with van der Waals surface area (Å²) in [6.45, 7) is 6.58. The second-order valence-corrected chi connectivity index (χ2v) is 10.3. The molecule has 29 heavy (non-hydrogen) atoms. The largest absolute Gasteiger partial charge is 0.325 e. The van der Waals surface area contributed by atoms with Crippen LogP contribution in [0.1, 0.15) is 25.8 Å². The molecular weight excluding hydrogens is 406 g/mol. The Kier molecular flexibility index (Phi) is 7.34. The molecule has 1 amide bonds. The number of carbonyl (C=O) groups is 1. The SMILES string of the molecule is CCN(CCNS(=O)(=O)c1ccc2c(c1)NC(=O)C[C@H](C)S2)Cc1ccccc1. The number of sulfonamides is 1. The fourth-order valence-electron chi connectivity index (χ4n) is 3.21. The standard InChI is InChI=1S/C21H27N3O3S2/c1-3-24(15-17-7-5-4-6-8-17)12-11-22-29(26,27)18-9-10-20-19(14-18)23-21(25)13-16(2)28-20/h4-10,14,16,22H,3,11-13,15H2,1-2H3,(H,23,25)/t16-/m0/s1. The monoisotopic (exact) mass is 433 g/mol. The maximum atomic E-state index is 12.7. The average molecular weight is 434 g/mol. The molecule has 8 heteroatoms. The number of hydrogen-bond acceptors (Lipinski definition) is 5. The minimum absolute atomic E-state index is 0.0919. The molecule has 0 aromatic heterocycles. The van der Waals surface area contributed by atoms with Crippen LogP contribution in [0.3, 0.4) is 0 Å². The first-order valence-electron chi connectivity index (χ1n) is 9.74. The van der Waals surface area contributed by atoms with Crippen molar-refractivity contribution < 1.29 is 13.2 Å². The van der Waals surface area contributed by atoms with Gasteiger partial charge < -0.3 is 5.32 Å². The normalized spacial score (nSPS) is 16.9. The van der Waals surface area contributed by atoms with E-state index in [1.807, 2.05) is 25.1 Å². The van der Waals surface area contributed by atoms with Crippen LogP contribution in [0, 0.1) is 0 Å². The molecule has 1 atom stereocenters. The number of nitrogens with one attached hydrogen (secondary N) is 2. The number of anilines is 1. The second-order valence-electron chi connectivity index (χ2n) is 7.09. The Morgan fingerprint density at radius 3 is 2.69 bits per heavy atom. The van der Waals surface area contributed by atoms with Crippen LogP contribution in [0.15, 0.2) is 58.3 Å². The first-order chi connectivity index (χ1) is 13.9. The molecule has 3 rings (SSSR count). The number of nitrogens with zero attached hydrogens (tertiary/aromatic N) is 1. The van der Waals surface area contributed by atoms with Crippen molar-refractivity contribution in [2.24, 2.45) is 0 Å². The van der Waals surface area contributed by atoms with Crippen molar-refractivity contribution in [2.75, 3.05) is 25.0 Å². The van der Waals surface area contributed by atoms with E-state index >= 15 is 0 Å². The van der Waals surface area contributed by atoms with Gasteiger partial charge in [0.15, 0.2) is 0 Å². The fraction of sp³-hybridized carbons (Fsp3) is 0.381. The van der Waals surface area contributed by atoms with Crippen LogP contribution in [-0.2, 0) is 21.4 Å². The summed E-state index contributed by atoms with van der Waals surface area (Å²) < 4.78 is 28.1. The molecule has 0 bridgehead atoms. The van der Waals surface area contributed by atoms with Gasteiger partial charge in [-0.1, -0.05) is 44.2 Å². The highest BCUT2D eigenvalue weighted by Gasteiger charge is 2.22. The predicted octanol–water partition coefficient (Wildman–Crippen LogP) is 3.31. The molecule has 156 valence electrons. The summed E-state index contributed by atoms with van der Waals surface area (Å²) in [4.78, 5) is 15.2. The van der Waals surface area contributed by atoms with Gasteiger partial charge in [-0.2, -0.15) is 0 Å². The van der Waals surface area contributed by atoms with E-state index in [1.54, 1.807) is 30.0 Å². The molecule has 1 aliphatic heterocycles. The Morgan fingerprint density at radius 1 is 1.21 bits per heavy atom. The minimum Gasteiger partial charge on any atom is -0.325 e. The van der Waals surface area contributed by atoms with Crippen LogP contribution in [0.5, 0.6) is 0 Å². The maximum absolute atomic E-state index is 12.7. The van der Waals surface area contributed by atoms with E-state index < -0.39 is 10.0 Å². The third-order valence-electron chi connectivity index (χ3n) is 4.75. The number of amides is 1. The lowest BCUT2D eigenvalue weighted by Gasteiger charge is -2.20. The maximum Gasteiger partial charge on any atom is 0.240 e. The Labute approximate surface area is 177 Å². The number of benzene rings is 2. The smallest absolute Gasteiger partial charge is 0.240 e. The topological polar surface area (TPSA) is 78.5 Å². The van der Waals surface area contributed by atoms with Crippen LogP contribution in [0.25, 0.3) is 0 Å². The summed E-state index contributed by atoms with van der Waals surface area (Å²) in [6.07, 6.45) is 0.411. The van der Waals surface area contributed by atoms with Gasteiger partial charge in [-0.05, 0) is 30.3 Å². The number of rotatable bonds is 8.